The summed E-state index contributed by atoms with van der Waals surface area (Å²) in [5, 5.41) is 5.07. The number of carbonyl (C=O) groups excluding carboxylic acids is 2. The highest BCUT2D eigenvalue weighted by Gasteiger charge is 2.23. The van der Waals surface area contributed by atoms with Crippen LogP contribution in [-0.4, -0.2) is 27.5 Å². The van der Waals surface area contributed by atoms with Crippen LogP contribution in [0.4, 0.5) is 0 Å². The van der Waals surface area contributed by atoms with Gasteiger partial charge >= 0.3 is 0 Å². The van der Waals surface area contributed by atoms with Gasteiger partial charge in [0.25, 0.3) is 11.8 Å². The maximum Gasteiger partial charge on any atom is 0.273 e. The molecular weight excluding hydrogens is 460 g/mol. The van der Waals surface area contributed by atoms with Crippen LogP contribution in [0.25, 0.3) is 18.2 Å². The third-order valence-electron chi connectivity index (χ3n) is 7.85. The number of H-pyrrole nitrogens is 2. The lowest BCUT2D eigenvalue weighted by Crippen LogP contribution is -2.15. The topological polar surface area (TPSA) is 90.1 Å². The number of rotatable bonds is 7. The van der Waals surface area contributed by atoms with Crippen LogP contribution >= 0.6 is 0 Å². The largest absolute Gasteiger partial charge is 0.355 e. The Morgan fingerprint density at radius 2 is 1.35 bits per heavy atom. The second kappa shape index (κ2) is 10.4. The molecule has 6 heteroatoms. The van der Waals surface area contributed by atoms with E-state index in [2.05, 4.69) is 74.0 Å². The standard InChI is InChI=1S/C31H38N4O2/c1-9-20-16(5)24(13-28-22(11-3)18(7)30(36)34-28)32-26(20)15-27-21(10-2)17(6)25(33-27)14-29-23(12-4)19(8)31(37)35-29/h13-15,32-33H,9-12H2,1-8H3,(H,34,36)/b25-14?,27-15-,28-13-. The molecule has 0 aliphatic carbocycles. The van der Waals surface area contributed by atoms with Crippen molar-refractivity contribution in [1.82, 2.24) is 15.3 Å². The van der Waals surface area contributed by atoms with Gasteiger partial charge in [0.1, 0.15) is 0 Å². The number of nitrogens with one attached hydrogen (secondary N) is 3. The van der Waals surface area contributed by atoms with Crippen LogP contribution in [0.15, 0.2) is 33.0 Å². The highest BCUT2D eigenvalue weighted by atomic mass is 16.2. The van der Waals surface area contributed by atoms with Gasteiger partial charge in [-0.15, -0.1) is 0 Å². The van der Waals surface area contributed by atoms with Gasteiger partial charge in [-0.2, -0.15) is 0 Å². The molecule has 0 saturated carbocycles. The first-order valence-electron chi connectivity index (χ1n) is 13.3. The van der Waals surface area contributed by atoms with Gasteiger partial charge in [-0.25, -0.2) is 4.99 Å². The molecule has 6 nitrogen and oxygen atoms in total. The van der Waals surface area contributed by atoms with Crippen LogP contribution < -0.4 is 16.0 Å². The fourth-order valence-electron chi connectivity index (χ4n) is 5.59. The van der Waals surface area contributed by atoms with Crippen LogP contribution in [0.1, 0.15) is 88.0 Å². The van der Waals surface area contributed by atoms with Gasteiger partial charge < -0.3 is 15.3 Å². The van der Waals surface area contributed by atoms with E-state index in [0.717, 1.165) is 81.5 Å². The molecular formula is C31H38N4O2. The minimum Gasteiger partial charge on any atom is -0.355 e. The van der Waals surface area contributed by atoms with E-state index in [-0.39, 0.29) is 11.8 Å². The van der Waals surface area contributed by atoms with Gasteiger partial charge in [-0.3, -0.25) is 9.59 Å². The first-order chi connectivity index (χ1) is 17.6. The van der Waals surface area contributed by atoms with Crippen molar-refractivity contribution in [3.63, 3.8) is 0 Å². The molecule has 0 radical (unpaired) electrons. The fourth-order valence-corrected chi connectivity index (χ4v) is 5.59. The number of carbonyl (C=O) groups is 2. The highest BCUT2D eigenvalue weighted by molar-refractivity contribution is 6.30. The van der Waals surface area contributed by atoms with Crippen LogP contribution in [0, 0.1) is 13.8 Å². The Kier molecular flexibility index (Phi) is 7.39. The molecule has 2 aromatic rings. The Balaban J connectivity index is 1.84. The number of hydrogen-bond acceptors (Lipinski definition) is 2. The van der Waals surface area contributed by atoms with E-state index in [1.807, 2.05) is 19.9 Å². The summed E-state index contributed by atoms with van der Waals surface area (Å²) in [6.45, 7) is 16.5. The lowest BCUT2D eigenvalue weighted by atomic mass is 10.0. The van der Waals surface area contributed by atoms with Gasteiger partial charge in [-0.1, -0.05) is 27.7 Å². The van der Waals surface area contributed by atoms with Crippen molar-refractivity contribution in [2.75, 3.05) is 0 Å². The SMILES string of the molecule is CCC1=C(C)C(=O)N=C1C=c1[nH]/c(=C\c2[nH]c(/C=C3\NC(=O)C(C)=C3CC)c(C)c2CC)c(CC)c1C. The lowest BCUT2D eigenvalue weighted by molar-refractivity contribution is -0.116. The van der Waals surface area contributed by atoms with Gasteiger partial charge in [0, 0.05) is 38.9 Å². The van der Waals surface area contributed by atoms with Crippen molar-refractivity contribution in [3.8, 4) is 0 Å². The first kappa shape index (κ1) is 26.4. The van der Waals surface area contributed by atoms with Crippen LogP contribution in [0.2, 0.25) is 0 Å². The molecule has 0 atom stereocenters. The normalized spacial score (nSPS) is 18.3. The van der Waals surface area contributed by atoms with Crippen molar-refractivity contribution in [2.24, 2.45) is 4.99 Å². The summed E-state index contributed by atoms with van der Waals surface area (Å²) < 4.78 is 0. The molecule has 0 aromatic carbocycles. The predicted molar refractivity (Wildman–Crippen MR) is 152 cm³/mol. The Hall–Kier alpha value is -3.67. The lowest BCUT2D eigenvalue weighted by Gasteiger charge is -2.03. The van der Waals surface area contributed by atoms with Crippen molar-refractivity contribution in [2.45, 2.75) is 81.1 Å². The third kappa shape index (κ3) is 4.61. The summed E-state index contributed by atoms with van der Waals surface area (Å²) in [5.74, 6) is -0.154. The van der Waals surface area contributed by atoms with Gasteiger partial charge in [0.2, 0.25) is 0 Å². The van der Waals surface area contributed by atoms with Gasteiger partial charge in [0.05, 0.1) is 5.71 Å². The van der Waals surface area contributed by atoms with E-state index in [1.165, 1.54) is 22.3 Å². The molecule has 4 rings (SSSR count). The molecule has 0 unspecified atom stereocenters. The number of aromatic amines is 2. The summed E-state index contributed by atoms with van der Waals surface area (Å²) in [7, 11) is 0. The molecule has 2 amide bonds. The molecule has 2 aliphatic heterocycles. The predicted octanol–water partition coefficient (Wildman–Crippen LogP) is 4.60. The number of aromatic nitrogens is 2. The van der Waals surface area contributed by atoms with Gasteiger partial charge in [-0.05, 0) is 105 Å². The van der Waals surface area contributed by atoms with E-state index >= 15 is 0 Å². The number of amides is 2. The van der Waals surface area contributed by atoms with E-state index in [4.69, 9.17) is 0 Å². The Morgan fingerprint density at radius 1 is 0.676 bits per heavy atom. The zero-order valence-electron chi connectivity index (χ0n) is 23.3. The molecule has 0 bridgehead atoms. The average molecular weight is 499 g/mol. The third-order valence-corrected chi connectivity index (χ3v) is 7.85. The maximum atomic E-state index is 12.2. The monoisotopic (exact) mass is 498 g/mol. The van der Waals surface area contributed by atoms with E-state index in [9.17, 15) is 9.59 Å². The zero-order chi connectivity index (χ0) is 27.0. The van der Waals surface area contributed by atoms with Crippen LogP contribution in [0.5, 0.6) is 0 Å². The summed E-state index contributed by atoms with van der Waals surface area (Å²) in [6, 6.07) is 0. The average Bonchev–Trinajstić information content (AvgIpc) is 3.51. The molecule has 4 heterocycles. The van der Waals surface area contributed by atoms with E-state index in [1.54, 1.807) is 0 Å². The molecule has 3 N–H and O–H groups in total. The Labute approximate surface area is 219 Å². The van der Waals surface area contributed by atoms with Crippen LogP contribution in [0.3, 0.4) is 0 Å². The molecule has 0 fully saturated rings. The summed E-state index contributed by atoms with van der Waals surface area (Å²) in [4.78, 5) is 35.9. The molecule has 2 aliphatic rings. The summed E-state index contributed by atoms with van der Waals surface area (Å²) in [5.41, 5.74) is 12.2. The van der Waals surface area contributed by atoms with Crippen molar-refractivity contribution in [3.05, 3.63) is 72.3 Å². The van der Waals surface area contributed by atoms with E-state index < -0.39 is 0 Å². The van der Waals surface area contributed by atoms with Crippen molar-refractivity contribution < 1.29 is 9.59 Å². The first-order valence-corrected chi connectivity index (χ1v) is 13.3. The summed E-state index contributed by atoms with van der Waals surface area (Å²) in [6.07, 6.45) is 9.63. The number of nitrogens with zero attached hydrogens (tertiary/aromatic N) is 1. The molecule has 0 saturated heterocycles. The zero-order valence-corrected chi connectivity index (χ0v) is 23.3. The number of allylic oxidation sites excluding steroid dienone is 2. The molecule has 2 aromatic heterocycles. The number of aliphatic imine (C=N–C) groups is 1. The van der Waals surface area contributed by atoms with Crippen LogP contribution in [-0.2, 0) is 22.4 Å². The second-order valence-corrected chi connectivity index (χ2v) is 9.84. The molecule has 194 valence electrons. The second-order valence-electron chi connectivity index (χ2n) is 9.84. The fraction of sp³-hybridized carbons (Fsp3) is 0.387. The van der Waals surface area contributed by atoms with Crippen molar-refractivity contribution in [1.29, 1.82) is 0 Å². The molecule has 0 spiro atoms. The minimum atomic E-state index is -0.138. The Bertz CT molecular complexity index is 1550. The van der Waals surface area contributed by atoms with Gasteiger partial charge in [0.15, 0.2) is 0 Å². The van der Waals surface area contributed by atoms with E-state index in [0.29, 0.717) is 0 Å². The highest BCUT2D eigenvalue weighted by Crippen LogP contribution is 2.28. The smallest absolute Gasteiger partial charge is 0.273 e. The quantitative estimate of drug-likeness (QED) is 0.521. The number of hydrogen-bond donors (Lipinski definition) is 3. The molecule has 37 heavy (non-hydrogen) atoms. The minimum absolute atomic E-state index is 0.0159. The van der Waals surface area contributed by atoms with Crippen molar-refractivity contribution >= 4 is 35.8 Å². The Morgan fingerprint density at radius 3 is 1.97 bits per heavy atom. The summed E-state index contributed by atoms with van der Waals surface area (Å²) >= 11 is 0. The maximum absolute atomic E-state index is 12.2.